The first-order chi connectivity index (χ1) is 9.59. The van der Waals surface area contributed by atoms with Gasteiger partial charge < -0.3 is 20.9 Å². The highest BCUT2D eigenvalue weighted by Gasteiger charge is 2.21. The van der Waals surface area contributed by atoms with Crippen molar-refractivity contribution in [1.29, 1.82) is 0 Å². The van der Waals surface area contributed by atoms with E-state index >= 15 is 0 Å². The fourth-order valence-electron chi connectivity index (χ4n) is 1.90. The third kappa shape index (κ3) is 3.84. The number of halogens is 1. The average molecular weight is 282 g/mol. The second kappa shape index (κ2) is 6.56. The molecule has 6 heteroatoms. The van der Waals surface area contributed by atoms with Gasteiger partial charge in [-0.1, -0.05) is 0 Å². The molecule has 1 aromatic rings. The number of nitrogens with one attached hydrogen (secondary N) is 1. The number of anilines is 2. The molecule has 0 amide bonds. The van der Waals surface area contributed by atoms with Gasteiger partial charge in [0.1, 0.15) is 11.4 Å². The van der Waals surface area contributed by atoms with Crippen LogP contribution in [0.3, 0.4) is 0 Å². The predicted octanol–water partition coefficient (Wildman–Crippen LogP) is 2.33. The number of rotatable bonds is 8. The molecule has 0 aromatic heterocycles. The van der Waals surface area contributed by atoms with Crippen LogP contribution in [-0.2, 0) is 4.74 Å². The van der Waals surface area contributed by atoms with Crippen LogP contribution in [0.2, 0.25) is 0 Å². The van der Waals surface area contributed by atoms with Crippen LogP contribution in [0.15, 0.2) is 12.1 Å². The molecule has 2 rings (SSSR count). The molecule has 0 bridgehead atoms. The molecule has 1 saturated carbocycles. The summed E-state index contributed by atoms with van der Waals surface area (Å²) in [7, 11) is 0. The fourth-order valence-corrected chi connectivity index (χ4v) is 1.90. The van der Waals surface area contributed by atoms with Gasteiger partial charge in [0.05, 0.1) is 11.4 Å². The molecule has 0 spiro atoms. The summed E-state index contributed by atoms with van der Waals surface area (Å²) >= 11 is 0. The summed E-state index contributed by atoms with van der Waals surface area (Å²) in [5.74, 6) is -1.23. The van der Waals surface area contributed by atoms with Gasteiger partial charge in [0.2, 0.25) is 0 Å². The second-order valence-corrected chi connectivity index (χ2v) is 4.99. The number of carboxylic acids is 1. The molecular weight excluding hydrogens is 263 g/mol. The summed E-state index contributed by atoms with van der Waals surface area (Å²) in [6.07, 6.45) is 3.27. The SMILES string of the molecule is Nc1c(F)ccc(NCCCOCC2CC2)c1C(=O)O. The highest BCUT2D eigenvalue weighted by molar-refractivity contribution is 6.00. The van der Waals surface area contributed by atoms with Crippen molar-refractivity contribution in [2.24, 2.45) is 5.92 Å². The van der Waals surface area contributed by atoms with Gasteiger partial charge in [-0.05, 0) is 37.3 Å². The molecule has 1 aliphatic rings. The van der Waals surface area contributed by atoms with E-state index in [1.165, 1.54) is 18.9 Å². The zero-order chi connectivity index (χ0) is 14.5. The predicted molar refractivity (Wildman–Crippen MR) is 74.4 cm³/mol. The molecule has 110 valence electrons. The van der Waals surface area contributed by atoms with Crippen LogP contribution in [0.4, 0.5) is 15.8 Å². The topological polar surface area (TPSA) is 84.6 Å². The van der Waals surface area contributed by atoms with E-state index in [4.69, 9.17) is 15.6 Å². The van der Waals surface area contributed by atoms with Crippen molar-refractivity contribution in [2.45, 2.75) is 19.3 Å². The number of nitrogens with two attached hydrogens (primary N) is 1. The lowest BCUT2D eigenvalue weighted by molar-refractivity contribution is 0.0698. The molecule has 20 heavy (non-hydrogen) atoms. The quantitative estimate of drug-likeness (QED) is 0.503. The molecule has 1 aromatic carbocycles. The Morgan fingerprint density at radius 2 is 2.25 bits per heavy atom. The van der Waals surface area contributed by atoms with Crippen LogP contribution < -0.4 is 11.1 Å². The highest BCUT2D eigenvalue weighted by atomic mass is 19.1. The zero-order valence-corrected chi connectivity index (χ0v) is 11.2. The van der Waals surface area contributed by atoms with Crippen LogP contribution in [-0.4, -0.2) is 30.8 Å². The van der Waals surface area contributed by atoms with E-state index in [-0.39, 0.29) is 11.3 Å². The minimum atomic E-state index is -1.24. The smallest absolute Gasteiger partial charge is 0.340 e. The van der Waals surface area contributed by atoms with Gasteiger partial charge in [0, 0.05) is 19.8 Å². The second-order valence-electron chi connectivity index (χ2n) is 4.99. The molecule has 0 heterocycles. The largest absolute Gasteiger partial charge is 0.478 e. The van der Waals surface area contributed by atoms with Crippen molar-refractivity contribution in [3.63, 3.8) is 0 Å². The van der Waals surface area contributed by atoms with Gasteiger partial charge in [-0.3, -0.25) is 0 Å². The van der Waals surface area contributed by atoms with Gasteiger partial charge in [0.25, 0.3) is 0 Å². The van der Waals surface area contributed by atoms with E-state index in [2.05, 4.69) is 5.32 Å². The number of carbonyl (C=O) groups is 1. The Labute approximate surface area is 116 Å². The lowest BCUT2D eigenvalue weighted by Crippen LogP contribution is -2.13. The Bertz CT molecular complexity index is 490. The minimum absolute atomic E-state index is 0.219. The first-order valence-electron chi connectivity index (χ1n) is 6.72. The number of hydrogen-bond donors (Lipinski definition) is 3. The standard InChI is InChI=1S/C14H19FN2O3/c15-10-4-5-11(12(13(10)16)14(18)19)17-6-1-7-20-8-9-2-3-9/h4-5,9,17H,1-3,6-8,16H2,(H,18,19). The molecule has 0 radical (unpaired) electrons. The molecule has 0 atom stereocenters. The normalized spacial score (nSPS) is 14.2. The molecule has 1 fully saturated rings. The Kier molecular flexibility index (Phi) is 4.79. The van der Waals surface area contributed by atoms with Crippen LogP contribution in [0.25, 0.3) is 0 Å². The van der Waals surface area contributed by atoms with E-state index in [9.17, 15) is 9.18 Å². The molecule has 5 nitrogen and oxygen atoms in total. The monoisotopic (exact) mass is 282 g/mol. The van der Waals surface area contributed by atoms with Crippen LogP contribution in [0.1, 0.15) is 29.6 Å². The number of aromatic carboxylic acids is 1. The number of hydrogen-bond acceptors (Lipinski definition) is 4. The molecule has 0 unspecified atom stereocenters. The number of ether oxygens (including phenoxy) is 1. The van der Waals surface area contributed by atoms with Crippen molar-refractivity contribution in [3.05, 3.63) is 23.5 Å². The number of nitrogen functional groups attached to an aromatic ring is 1. The first kappa shape index (κ1) is 14.6. The summed E-state index contributed by atoms with van der Waals surface area (Å²) in [6.45, 7) is 1.99. The van der Waals surface area contributed by atoms with Gasteiger partial charge in [-0.15, -0.1) is 0 Å². The maximum atomic E-state index is 13.3. The Balaban J connectivity index is 1.82. The zero-order valence-electron chi connectivity index (χ0n) is 11.2. The summed E-state index contributed by atoms with van der Waals surface area (Å²) in [6, 6.07) is 2.55. The first-order valence-corrected chi connectivity index (χ1v) is 6.72. The maximum Gasteiger partial charge on any atom is 0.340 e. The Morgan fingerprint density at radius 3 is 2.90 bits per heavy atom. The van der Waals surface area contributed by atoms with E-state index < -0.39 is 11.8 Å². The average Bonchev–Trinajstić information content (AvgIpc) is 3.21. The van der Waals surface area contributed by atoms with Crippen molar-refractivity contribution < 1.29 is 19.0 Å². The van der Waals surface area contributed by atoms with Gasteiger partial charge in [-0.25, -0.2) is 9.18 Å². The van der Waals surface area contributed by atoms with Crippen LogP contribution >= 0.6 is 0 Å². The lowest BCUT2D eigenvalue weighted by Gasteiger charge is -2.12. The summed E-state index contributed by atoms with van der Waals surface area (Å²) in [4.78, 5) is 11.1. The maximum absolute atomic E-state index is 13.3. The van der Waals surface area contributed by atoms with E-state index in [0.29, 0.717) is 18.8 Å². The molecular formula is C14H19FN2O3. The van der Waals surface area contributed by atoms with Crippen LogP contribution in [0, 0.1) is 11.7 Å². The van der Waals surface area contributed by atoms with E-state index in [1.807, 2.05) is 0 Å². The van der Waals surface area contributed by atoms with Crippen LogP contribution in [0.5, 0.6) is 0 Å². The fraction of sp³-hybridized carbons (Fsp3) is 0.500. The third-order valence-corrected chi connectivity index (χ3v) is 3.24. The lowest BCUT2D eigenvalue weighted by atomic mass is 10.1. The number of carboxylic acid groups (broad SMARTS) is 1. The van der Waals surface area contributed by atoms with Gasteiger partial charge in [0.15, 0.2) is 0 Å². The number of benzene rings is 1. The van der Waals surface area contributed by atoms with Crippen molar-refractivity contribution in [2.75, 3.05) is 30.8 Å². The minimum Gasteiger partial charge on any atom is -0.478 e. The van der Waals surface area contributed by atoms with Gasteiger partial charge in [-0.2, -0.15) is 0 Å². The third-order valence-electron chi connectivity index (χ3n) is 3.24. The summed E-state index contributed by atoms with van der Waals surface area (Å²) < 4.78 is 18.7. The summed E-state index contributed by atoms with van der Waals surface area (Å²) in [5, 5.41) is 12.0. The van der Waals surface area contributed by atoms with Gasteiger partial charge >= 0.3 is 5.97 Å². The van der Waals surface area contributed by atoms with Crippen molar-refractivity contribution >= 4 is 17.3 Å². The summed E-state index contributed by atoms with van der Waals surface area (Å²) in [5.41, 5.74) is 5.23. The Hall–Kier alpha value is -1.82. The highest BCUT2D eigenvalue weighted by Crippen LogP contribution is 2.28. The van der Waals surface area contributed by atoms with Crippen molar-refractivity contribution in [3.8, 4) is 0 Å². The van der Waals surface area contributed by atoms with Crippen molar-refractivity contribution in [1.82, 2.24) is 0 Å². The Morgan fingerprint density at radius 1 is 1.50 bits per heavy atom. The molecule has 0 saturated heterocycles. The molecule has 1 aliphatic carbocycles. The molecule has 0 aliphatic heterocycles. The van der Waals surface area contributed by atoms with E-state index in [0.717, 1.165) is 25.0 Å². The molecule has 4 N–H and O–H groups in total. The van der Waals surface area contributed by atoms with E-state index in [1.54, 1.807) is 0 Å².